The number of hydrogen-bond donors (Lipinski definition) is 2. The highest BCUT2D eigenvalue weighted by Crippen LogP contribution is 2.24. The minimum Gasteiger partial charge on any atom is -0.378 e. The standard InChI is InChI=1S/C18H18Cl2FN3O2/c19-13-2-1-12(15(20)9-13)11-22-18(25)23-14-3-4-17(16(21)10-14)24-5-7-26-8-6-24/h1-4,9-10H,5-8,11H2,(H2,22,23,25). The number of nitrogens with one attached hydrogen (secondary N) is 2. The van der Waals surface area contributed by atoms with E-state index in [-0.39, 0.29) is 12.4 Å². The van der Waals surface area contributed by atoms with Gasteiger partial charge in [-0.3, -0.25) is 0 Å². The van der Waals surface area contributed by atoms with Gasteiger partial charge in [-0.2, -0.15) is 0 Å². The van der Waals surface area contributed by atoms with Crippen LogP contribution in [0.1, 0.15) is 5.56 Å². The third kappa shape index (κ3) is 4.78. The summed E-state index contributed by atoms with van der Waals surface area (Å²) < 4.78 is 19.6. The maximum absolute atomic E-state index is 14.3. The monoisotopic (exact) mass is 397 g/mol. The summed E-state index contributed by atoms with van der Waals surface area (Å²) in [7, 11) is 0. The van der Waals surface area contributed by atoms with Crippen molar-refractivity contribution in [3.63, 3.8) is 0 Å². The fourth-order valence-electron chi connectivity index (χ4n) is 2.66. The summed E-state index contributed by atoms with van der Waals surface area (Å²) in [5, 5.41) is 6.29. The molecule has 1 saturated heterocycles. The zero-order valence-electron chi connectivity index (χ0n) is 13.9. The summed E-state index contributed by atoms with van der Waals surface area (Å²) in [6, 6.07) is 9.23. The van der Waals surface area contributed by atoms with Gasteiger partial charge in [0.15, 0.2) is 0 Å². The number of carbonyl (C=O) groups excluding carboxylic acids is 1. The zero-order chi connectivity index (χ0) is 18.5. The number of ether oxygens (including phenoxy) is 1. The van der Waals surface area contributed by atoms with E-state index in [9.17, 15) is 9.18 Å². The van der Waals surface area contributed by atoms with Crippen molar-refractivity contribution in [1.29, 1.82) is 0 Å². The van der Waals surface area contributed by atoms with Crippen molar-refractivity contribution in [2.75, 3.05) is 36.5 Å². The molecule has 0 spiro atoms. The van der Waals surface area contributed by atoms with Crippen LogP contribution < -0.4 is 15.5 Å². The van der Waals surface area contributed by atoms with Gasteiger partial charge in [0.1, 0.15) is 5.82 Å². The van der Waals surface area contributed by atoms with Crippen LogP contribution in [0.3, 0.4) is 0 Å². The predicted octanol–water partition coefficient (Wildman–Crippen LogP) is 4.29. The molecule has 1 fully saturated rings. The van der Waals surface area contributed by atoms with Crippen molar-refractivity contribution < 1.29 is 13.9 Å². The summed E-state index contributed by atoms with van der Waals surface area (Å²) in [6.07, 6.45) is 0. The number of morpholine rings is 1. The molecule has 0 aliphatic carbocycles. The Hall–Kier alpha value is -2.02. The van der Waals surface area contributed by atoms with Gasteiger partial charge in [0.25, 0.3) is 0 Å². The van der Waals surface area contributed by atoms with Gasteiger partial charge in [-0.1, -0.05) is 29.3 Å². The molecule has 0 radical (unpaired) electrons. The van der Waals surface area contributed by atoms with Crippen LogP contribution in [-0.4, -0.2) is 32.3 Å². The van der Waals surface area contributed by atoms with Gasteiger partial charge in [-0.15, -0.1) is 0 Å². The summed E-state index contributed by atoms with van der Waals surface area (Å²) >= 11 is 11.9. The van der Waals surface area contributed by atoms with Crippen molar-refractivity contribution >= 4 is 40.6 Å². The number of anilines is 2. The van der Waals surface area contributed by atoms with Crippen LogP contribution in [0.4, 0.5) is 20.6 Å². The minimum atomic E-state index is -0.450. The number of carbonyl (C=O) groups is 1. The van der Waals surface area contributed by atoms with Crippen molar-refractivity contribution in [2.24, 2.45) is 0 Å². The second kappa shape index (κ2) is 8.58. The molecule has 2 aromatic carbocycles. The van der Waals surface area contributed by atoms with Gasteiger partial charge >= 0.3 is 6.03 Å². The average Bonchev–Trinajstić information content (AvgIpc) is 2.62. The lowest BCUT2D eigenvalue weighted by Crippen LogP contribution is -2.36. The van der Waals surface area contributed by atoms with Gasteiger partial charge in [-0.05, 0) is 35.9 Å². The summed E-state index contributed by atoms with van der Waals surface area (Å²) in [5.74, 6) is -0.384. The Morgan fingerprint density at radius 1 is 1.15 bits per heavy atom. The van der Waals surface area contributed by atoms with Gasteiger partial charge in [-0.25, -0.2) is 9.18 Å². The van der Waals surface area contributed by atoms with Crippen LogP contribution in [0.2, 0.25) is 10.0 Å². The fraction of sp³-hybridized carbons (Fsp3) is 0.278. The molecule has 0 aromatic heterocycles. The SMILES string of the molecule is O=C(NCc1ccc(Cl)cc1Cl)Nc1ccc(N2CCOCC2)c(F)c1. The van der Waals surface area contributed by atoms with Crippen LogP contribution in [0.25, 0.3) is 0 Å². The van der Waals surface area contributed by atoms with Gasteiger partial charge in [0.2, 0.25) is 0 Å². The fourth-order valence-corrected chi connectivity index (χ4v) is 3.14. The molecule has 2 amide bonds. The van der Waals surface area contributed by atoms with Gasteiger partial charge < -0.3 is 20.3 Å². The summed E-state index contributed by atoms with van der Waals surface area (Å²) in [5.41, 5.74) is 1.62. The highest BCUT2D eigenvalue weighted by molar-refractivity contribution is 6.35. The Morgan fingerprint density at radius 2 is 1.92 bits per heavy atom. The molecule has 1 heterocycles. The molecule has 1 aliphatic rings. The molecule has 1 aliphatic heterocycles. The third-order valence-electron chi connectivity index (χ3n) is 4.01. The molecule has 0 atom stereocenters. The molecule has 138 valence electrons. The average molecular weight is 398 g/mol. The molecule has 0 bridgehead atoms. The lowest BCUT2D eigenvalue weighted by molar-refractivity contribution is 0.122. The summed E-state index contributed by atoms with van der Waals surface area (Å²) in [4.78, 5) is 13.9. The van der Waals surface area contributed by atoms with E-state index in [2.05, 4.69) is 10.6 Å². The van der Waals surface area contributed by atoms with Crippen LogP contribution in [0.5, 0.6) is 0 Å². The largest absolute Gasteiger partial charge is 0.378 e. The lowest BCUT2D eigenvalue weighted by atomic mass is 10.2. The molecule has 0 unspecified atom stereocenters. The van der Waals surface area contributed by atoms with E-state index in [1.54, 1.807) is 30.3 Å². The second-order valence-electron chi connectivity index (χ2n) is 5.81. The van der Waals surface area contributed by atoms with Crippen LogP contribution in [0.15, 0.2) is 36.4 Å². The predicted molar refractivity (Wildman–Crippen MR) is 102 cm³/mol. The van der Waals surface area contributed by atoms with Crippen LogP contribution >= 0.6 is 23.2 Å². The molecule has 8 heteroatoms. The zero-order valence-corrected chi connectivity index (χ0v) is 15.4. The Bertz CT molecular complexity index is 798. The Labute approximate surface area is 161 Å². The Kier molecular flexibility index (Phi) is 6.19. The normalized spacial score (nSPS) is 14.2. The maximum Gasteiger partial charge on any atom is 0.319 e. The van der Waals surface area contributed by atoms with Crippen LogP contribution in [0, 0.1) is 5.82 Å². The van der Waals surface area contributed by atoms with Crippen LogP contribution in [-0.2, 0) is 11.3 Å². The molecule has 3 rings (SSSR count). The molecular formula is C18H18Cl2FN3O2. The Balaban J connectivity index is 1.57. The molecule has 2 aromatic rings. The highest BCUT2D eigenvalue weighted by Gasteiger charge is 2.15. The van der Waals surface area contributed by atoms with Crippen molar-refractivity contribution in [3.8, 4) is 0 Å². The molecule has 0 saturated carbocycles. The van der Waals surface area contributed by atoms with Gasteiger partial charge in [0, 0.05) is 35.4 Å². The lowest BCUT2D eigenvalue weighted by Gasteiger charge is -2.29. The molecule has 2 N–H and O–H groups in total. The van der Waals surface area contributed by atoms with E-state index >= 15 is 0 Å². The summed E-state index contributed by atoms with van der Waals surface area (Å²) in [6.45, 7) is 2.68. The number of hydrogen-bond acceptors (Lipinski definition) is 3. The maximum atomic E-state index is 14.3. The highest BCUT2D eigenvalue weighted by atomic mass is 35.5. The van der Waals surface area contributed by atoms with E-state index in [4.69, 9.17) is 27.9 Å². The van der Waals surface area contributed by atoms with Gasteiger partial charge in [0.05, 0.1) is 18.9 Å². The first-order chi connectivity index (χ1) is 12.5. The first-order valence-corrected chi connectivity index (χ1v) is 8.89. The van der Waals surface area contributed by atoms with E-state index in [1.807, 2.05) is 4.90 Å². The number of halogens is 3. The Morgan fingerprint density at radius 3 is 2.62 bits per heavy atom. The minimum absolute atomic E-state index is 0.232. The van der Waals surface area contributed by atoms with E-state index < -0.39 is 6.03 Å². The van der Waals surface area contributed by atoms with Crippen molar-refractivity contribution in [2.45, 2.75) is 6.54 Å². The first kappa shape index (κ1) is 18.8. The van der Waals surface area contributed by atoms with E-state index in [0.29, 0.717) is 47.7 Å². The van der Waals surface area contributed by atoms with E-state index in [0.717, 1.165) is 5.56 Å². The molecular weight excluding hydrogens is 380 g/mol. The topological polar surface area (TPSA) is 53.6 Å². The number of nitrogens with zero attached hydrogens (tertiary/aromatic N) is 1. The smallest absolute Gasteiger partial charge is 0.319 e. The van der Waals surface area contributed by atoms with Crippen molar-refractivity contribution in [1.82, 2.24) is 5.32 Å². The number of rotatable bonds is 4. The molecule has 26 heavy (non-hydrogen) atoms. The molecule has 5 nitrogen and oxygen atoms in total. The number of urea groups is 1. The number of benzene rings is 2. The number of amides is 2. The first-order valence-electron chi connectivity index (χ1n) is 8.14. The second-order valence-corrected chi connectivity index (χ2v) is 6.65. The van der Waals surface area contributed by atoms with Crippen molar-refractivity contribution in [3.05, 3.63) is 57.8 Å². The van der Waals surface area contributed by atoms with E-state index in [1.165, 1.54) is 6.07 Å². The third-order valence-corrected chi connectivity index (χ3v) is 4.60. The quantitative estimate of drug-likeness (QED) is 0.808.